The highest BCUT2D eigenvalue weighted by Crippen LogP contribution is 2.17. The zero-order chi connectivity index (χ0) is 10.9. The Kier molecular flexibility index (Phi) is 5.55. The number of rotatable bonds is 7. The average molecular weight is 214 g/mol. The molecule has 0 radical (unpaired) electrons. The maximum Gasteiger partial charge on any atom is 0.119 e. The molecule has 0 spiro atoms. The van der Waals surface area contributed by atoms with Crippen LogP contribution in [0.25, 0.3) is 0 Å². The summed E-state index contributed by atoms with van der Waals surface area (Å²) in [6.45, 7) is 0.293. The normalized spacial score (nSPS) is 10.0. The Morgan fingerprint density at radius 1 is 1.00 bits per heavy atom. The Labute approximate surface area is 88.4 Å². The molecule has 0 unspecified atom stereocenters. The lowest BCUT2D eigenvalue weighted by atomic mass is 10.3. The van der Waals surface area contributed by atoms with Crippen LogP contribution in [-0.2, 0) is 0 Å². The van der Waals surface area contributed by atoms with Crippen molar-refractivity contribution in [1.29, 1.82) is 0 Å². The minimum absolute atomic E-state index is 0.00521. The highest BCUT2D eigenvalue weighted by atomic mass is 19.1. The molecule has 84 valence electrons. The van der Waals surface area contributed by atoms with Gasteiger partial charge in [0.25, 0.3) is 0 Å². The van der Waals surface area contributed by atoms with E-state index in [1.54, 1.807) is 24.3 Å². The molecule has 0 heterocycles. The van der Waals surface area contributed by atoms with E-state index in [2.05, 4.69) is 0 Å². The predicted molar refractivity (Wildman–Crippen MR) is 55.1 cm³/mol. The van der Waals surface area contributed by atoms with Crippen molar-refractivity contribution in [2.45, 2.75) is 6.42 Å². The monoisotopic (exact) mass is 214 g/mol. The second-order valence-corrected chi connectivity index (χ2v) is 2.93. The summed E-state index contributed by atoms with van der Waals surface area (Å²) in [6, 6.07) is 7.01. The molecule has 0 fully saturated rings. The number of hydrogen-bond donors (Lipinski definition) is 1. The molecule has 3 nitrogen and oxygen atoms in total. The number of ether oxygens (including phenoxy) is 2. The molecule has 0 aliphatic carbocycles. The van der Waals surface area contributed by atoms with Crippen LogP contribution in [0.5, 0.6) is 11.5 Å². The van der Waals surface area contributed by atoms with E-state index in [1.165, 1.54) is 0 Å². The highest BCUT2D eigenvalue weighted by Gasteiger charge is 1.95. The van der Waals surface area contributed by atoms with Gasteiger partial charge in [0.1, 0.15) is 18.1 Å². The molecule has 1 aromatic carbocycles. The number of hydrogen-bond acceptors (Lipinski definition) is 3. The van der Waals surface area contributed by atoms with E-state index in [4.69, 9.17) is 14.6 Å². The van der Waals surface area contributed by atoms with Gasteiger partial charge in [0.2, 0.25) is 0 Å². The van der Waals surface area contributed by atoms with Gasteiger partial charge in [0.05, 0.1) is 19.9 Å². The van der Waals surface area contributed by atoms with E-state index < -0.39 is 0 Å². The summed E-state index contributed by atoms with van der Waals surface area (Å²) in [4.78, 5) is 0. The molecule has 0 aromatic heterocycles. The van der Waals surface area contributed by atoms with Crippen molar-refractivity contribution in [3.05, 3.63) is 24.3 Å². The molecule has 1 N–H and O–H groups in total. The first kappa shape index (κ1) is 11.8. The van der Waals surface area contributed by atoms with E-state index in [0.717, 1.165) is 0 Å². The molecule has 0 saturated heterocycles. The Morgan fingerprint density at radius 2 is 1.53 bits per heavy atom. The maximum atomic E-state index is 11.8. The standard InChI is InChI=1S/C11H15FO3/c12-6-1-8-14-10-2-4-11(5-3-10)15-9-7-13/h2-5,13H,1,6-9H2. The molecule has 0 atom stereocenters. The fourth-order valence-corrected chi connectivity index (χ4v) is 1.04. The van der Waals surface area contributed by atoms with E-state index in [0.29, 0.717) is 24.5 Å². The van der Waals surface area contributed by atoms with E-state index in [1.807, 2.05) is 0 Å². The number of alkyl halides is 1. The third-order valence-electron chi connectivity index (χ3n) is 1.73. The summed E-state index contributed by atoms with van der Waals surface area (Å²) in [5.74, 6) is 1.38. The molecule has 4 heteroatoms. The molecule has 15 heavy (non-hydrogen) atoms. The van der Waals surface area contributed by atoms with Gasteiger partial charge in [-0.05, 0) is 24.3 Å². The molecule has 0 aliphatic heterocycles. The molecular formula is C11H15FO3. The zero-order valence-corrected chi connectivity index (χ0v) is 8.49. The number of benzene rings is 1. The van der Waals surface area contributed by atoms with E-state index >= 15 is 0 Å². The average Bonchev–Trinajstić information content (AvgIpc) is 2.28. The quantitative estimate of drug-likeness (QED) is 0.703. The van der Waals surface area contributed by atoms with Crippen molar-refractivity contribution in [2.75, 3.05) is 26.5 Å². The summed E-state index contributed by atoms with van der Waals surface area (Å²) < 4.78 is 22.2. The van der Waals surface area contributed by atoms with Crippen LogP contribution in [0.1, 0.15) is 6.42 Å². The smallest absolute Gasteiger partial charge is 0.119 e. The lowest BCUT2D eigenvalue weighted by Gasteiger charge is -2.06. The van der Waals surface area contributed by atoms with Crippen molar-refractivity contribution in [3.8, 4) is 11.5 Å². The fraction of sp³-hybridized carbons (Fsp3) is 0.455. The first-order valence-electron chi connectivity index (χ1n) is 4.89. The van der Waals surface area contributed by atoms with Gasteiger partial charge >= 0.3 is 0 Å². The van der Waals surface area contributed by atoms with Crippen molar-refractivity contribution >= 4 is 0 Å². The van der Waals surface area contributed by atoms with Crippen LogP contribution in [0.15, 0.2) is 24.3 Å². The van der Waals surface area contributed by atoms with Gasteiger partial charge in [-0.25, -0.2) is 0 Å². The Bertz CT molecular complexity index is 261. The van der Waals surface area contributed by atoms with Crippen molar-refractivity contribution in [3.63, 3.8) is 0 Å². The van der Waals surface area contributed by atoms with Gasteiger partial charge in [-0.15, -0.1) is 0 Å². The minimum atomic E-state index is -0.363. The van der Waals surface area contributed by atoms with Gasteiger partial charge in [-0.3, -0.25) is 4.39 Å². The molecule has 1 aromatic rings. The number of aliphatic hydroxyl groups is 1. The van der Waals surface area contributed by atoms with Crippen LogP contribution in [0.3, 0.4) is 0 Å². The van der Waals surface area contributed by atoms with Crippen LogP contribution in [0.4, 0.5) is 4.39 Å². The van der Waals surface area contributed by atoms with Gasteiger partial charge < -0.3 is 14.6 Å². The zero-order valence-electron chi connectivity index (χ0n) is 8.49. The van der Waals surface area contributed by atoms with Crippen LogP contribution in [0, 0.1) is 0 Å². The van der Waals surface area contributed by atoms with Crippen LogP contribution in [0.2, 0.25) is 0 Å². The number of halogens is 1. The van der Waals surface area contributed by atoms with Crippen molar-refractivity contribution in [1.82, 2.24) is 0 Å². The Balaban J connectivity index is 2.35. The maximum absolute atomic E-state index is 11.8. The first-order valence-corrected chi connectivity index (χ1v) is 4.89. The fourth-order valence-electron chi connectivity index (χ4n) is 1.04. The van der Waals surface area contributed by atoms with Gasteiger partial charge in [0.15, 0.2) is 0 Å². The lowest BCUT2D eigenvalue weighted by Crippen LogP contribution is -2.01. The minimum Gasteiger partial charge on any atom is -0.493 e. The van der Waals surface area contributed by atoms with Gasteiger partial charge in [-0.1, -0.05) is 0 Å². The number of aliphatic hydroxyl groups excluding tert-OH is 1. The summed E-state index contributed by atoms with van der Waals surface area (Å²) in [7, 11) is 0. The van der Waals surface area contributed by atoms with E-state index in [-0.39, 0.29) is 19.9 Å². The predicted octanol–water partition coefficient (Wildman–Crippen LogP) is 1.80. The summed E-state index contributed by atoms with van der Waals surface area (Å²) in [5, 5.41) is 8.54. The molecule has 0 amide bonds. The van der Waals surface area contributed by atoms with Gasteiger partial charge in [0, 0.05) is 6.42 Å². The second kappa shape index (κ2) is 7.06. The second-order valence-electron chi connectivity index (χ2n) is 2.93. The van der Waals surface area contributed by atoms with Crippen LogP contribution < -0.4 is 9.47 Å². The molecule has 0 aliphatic rings. The summed E-state index contributed by atoms with van der Waals surface area (Å²) >= 11 is 0. The third-order valence-corrected chi connectivity index (χ3v) is 1.73. The van der Waals surface area contributed by atoms with Crippen molar-refractivity contribution in [2.24, 2.45) is 0 Å². The third kappa shape index (κ3) is 4.65. The Morgan fingerprint density at radius 3 is 2.00 bits per heavy atom. The summed E-state index contributed by atoms with van der Waals surface area (Å²) in [6.07, 6.45) is 0.406. The van der Waals surface area contributed by atoms with Crippen LogP contribution in [-0.4, -0.2) is 31.6 Å². The first-order chi connectivity index (χ1) is 7.36. The van der Waals surface area contributed by atoms with E-state index in [9.17, 15) is 4.39 Å². The molecular weight excluding hydrogens is 199 g/mol. The Hall–Kier alpha value is -1.29. The molecule has 1 rings (SSSR count). The van der Waals surface area contributed by atoms with Crippen LogP contribution >= 0.6 is 0 Å². The molecule has 0 saturated carbocycles. The topological polar surface area (TPSA) is 38.7 Å². The largest absolute Gasteiger partial charge is 0.493 e. The molecule has 0 bridgehead atoms. The van der Waals surface area contributed by atoms with Gasteiger partial charge in [-0.2, -0.15) is 0 Å². The van der Waals surface area contributed by atoms with Crippen molar-refractivity contribution < 1.29 is 19.0 Å². The SMILES string of the molecule is OCCOc1ccc(OCCCF)cc1. The summed E-state index contributed by atoms with van der Waals surface area (Å²) in [5.41, 5.74) is 0. The highest BCUT2D eigenvalue weighted by molar-refractivity contribution is 5.31. The lowest BCUT2D eigenvalue weighted by molar-refractivity contribution is 0.201.